The van der Waals surface area contributed by atoms with Crippen molar-refractivity contribution in [2.24, 2.45) is 5.73 Å². The van der Waals surface area contributed by atoms with E-state index in [4.69, 9.17) is 15.5 Å². The summed E-state index contributed by atoms with van der Waals surface area (Å²) >= 11 is 0. The Hall–Kier alpha value is -3.64. The van der Waals surface area contributed by atoms with Crippen LogP contribution in [-0.2, 0) is 0 Å². The number of rotatable bonds is 7. The fourth-order valence-electron chi connectivity index (χ4n) is 4.83. The summed E-state index contributed by atoms with van der Waals surface area (Å²) in [6.45, 7) is 0.391. The molecule has 6 heteroatoms. The van der Waals surface area contributed by atoms with E-state index in [0.29, 0.717) is 12.6 Å². The summed E-state index contributed by atoms with van der Waals surface area (Å²) in [6, 6.07) is 23.2. The van der Waals surface area contributed by atoms with Gasteiger partial charge < -0.3 is 20.1 Å². The molecular weight excluding hydrogens is 426 g/mol. The molecule has 1 aliphatic rings. The number of carboxylic acid groups (broad SMARTS) is 1. The largest absolute Gasteiger partial charge is 0.492 e. The van der Waals surface area contributed by atoms with Crippen molar-refractivity contribution in [1.29, 1.82) is 0 Å². The number of nitrogens with zero attached hydrogens (tertiary/aromatic N) is 2. The van der Waals surface area contributed by atoms with Crippen molar-refractivity contribution >= 4 is 17.0 Å². The lowest BCUT2D eigenvalue weighted by molar-refractivity contribution is 0.0697. The highest BCUT2D eigenvalue weighted by Crippen LogP contribution is 2.36. The molecule has 1 atom stereocenters. The summed E-state index contributed by atoms with van der Waals surface area (Å²) in [7, 11) is 0. The molecule has 0 radical (unpaired) electrons. The van der Waals surface area contributed by atoms with Gasteiger partial charge in [0.05, 0.1) is 22.6 Å². The number of aromatic nitrogens is 2. The monoisotopic (exact) mass is 455 g/mol. The number of nitrogens with two attached hydrogens (primary N) is 1. The van der Waals surface area contributed by atoms with E-state index in [-0.39, 0.29) is 11.6 Å². The van der Waals surface area contributed by atoms with Crippen LogP contribution in [0.5, 0.6) is 5.75 Å². The zero-order valence-corrected chi connectivity index (χ0v) is 19.1. The Morgan fingerprint density at radius 3 is 2.47 bits per heavy atom. The fourth-order valence-corrected chi connectivity index (χ4v) is 4.83. The van der Waals surface area contributed by atoms with Gasteiger partial charge in [-0.2, -0.15) is 0 Å². The van der Waals surface area contributed by atoms with Crippen LogP contribution >= 0.6 is 0 Å². The zero-order valence-electron chi connectivity index (χ0n) is 19.1. The molecule has 6 nitrogen and oxygen atoms in total. The Morgan fingerprint density at radius 1 is 1.03 bits per heavy atom. The lowest BCUT2D eigenvalue weighted by atomic mass is 9.95. The van der Waals surface area contributed by atoms with Crippen LogP contribution in [0.4, 0.5) is 0 Å². The quantitative estimate of drug-likeness (QED) is 0.357. The zero-order chi connectivity index (χ0) is 23.5. The number of carboxylic acids is 1. The van der Waals surface area contributed by atoms with Crippen molar-refractivity contribution < 1.29 is 14.6 Å². The Labute approximate surface area is 199 Å². The molecule has 0 bridgehead atoms. The molecule has 1 unspecified atom stereocenters. The predicted molar refractivity (Wildman–Crippen MR) is 133 cm³/mol. The molecule has 3 aromatic carbocycles. The molecule has 4 aromatic rings. The molecule has 1 heterocycles. The molecule has 34 heavy (non-hydrogen) atoms. The minimum atomic E-state index is -0.939. The van der Waals surface area contributed by atoms with E-state index in [9.17, 15) is 9.90 Å². The number of hydrogen-bond acceptors (Lipinski definition) is 4. The molecule has 174 valence electrons. The molecule has 1 aromatic heterocycles. The predicted octanol–water partition coefficient (Wildman–Crippen LogP) is 5.99. The van der Waals surface area contributed by atoms with Crippen LogP contribution in [0.2, 0.25) is 0 Å². The van der Waals surface area contributed by atoms with Crippen LogP contribution in [0.3, 0.4) is 0 Å². The van der Waals surface area contributed by atoms with E-state index >= 15 is 0 Å². The number of carbonyl (C=O) groups is 1. The van der Waals surface area contributed by atoms with Gasteiger partial charge in [0.25, 0.3) is 0 Å². The highest BCUT2D eigenvalue weighted by Gasteiger charge is 2.23. The first kappa shape index (κ1) is 22.2. The molecule has 0 saturated heterocycles. The molecular formula is C28H29N3O3. The molecule has 0 aliphatic heterocycles. The summed E-state index contributed by atoms with van der Waals surface area (Å²) in [6.07, 6.45) is 5.88. The molecule has 1 aliphatic carbocycles. The Morgan fingerprint density at radius 2 is 1.76 bits per heavy atom. The molecule has 0 spiro atoms. The first-order valence-corrected chi connectivity index (χ1v) is 11.9. The molecule has 0 amide bonds. The third kappa shape index (κ3) is 4.54. The van der Waals surface area contributed by atoms with E-state index < -0.39 is 5.97 Å². The standard InChI is InChI=1S/C28H29N3O3/c29-24(19-7-3-1-4-8-19)18-34-23-14-11-20(12-15-23)27-30-25-17-21(28(32)33)13-16-26(25)31(27)22-9-5-2-6-10-22/h1,3-4,7-8,11-17,22,24H,2,5-6,9-10,18,29H2,(H,32,33). The summed E-state index contributed by atoms with van der Waals surface area (Å²) in [5.74, 6) is 0.687. The maximum atomic E-state index is 11.5. The minimum Gasteiger partial charge on any atom is -0.492 e. The van der Waals surface area contributed by atoms with Gasteiger partial charge >= 0.3 is 5.97 Å². The second-order valence-corrected chi connectivity index (χ2v) is 8.96. The fraction of sp³-hybridized carbons (Fsp3) is 0.286. The number of benzene rings is 3. The first-order chi connectivity index (χ1) is 16.6. The van der Waals surface area contributed by atoms with Crippen molar-refractivity contribution in [2.75, 3.05) is 6.61 Å². The van der Waals surface area contributed by atoms with E-state index in [0.717, 1.165) is 46.6 Å². The minimum absolute atomic E-state index is 0.195. The molecule has 5 rings (SSSR count). The third-order valence-corrected chi connectivity index (χ3v) is 6.65. The van der Waals surface area contributed by atoms with Gasteiger partial charge in [0.2, 0.25) is 0 Å². The van der Waals surface area contributed by atoms with Crippen LogP contribution in [0.15, 0.2) is 72.8 Å². The van der Waals surface area contributed by atoms with Crippen LogP contribution in [0.1, 0.15) is 60.1 Å². The van der Waals surface area contributed by atoms with Crippen LogP contribution in [0, 0.1) is 0 Å². The maximum absolute atomic E-state index is 11.5. The van der Waals surface area contributed by atoms with Crippen LogP contribution < -0.4 is 10.5 Å². The van der Waals surface area contributed by atoms with Crippen molar-refractivity contribution in [2.45, 2.75) is 44.2 Å². The van der Waals surface area contributed by atoms with Gasteiger partial charge in [0.15, 0.2) is 0 Å². The smallest absolute Gasteiger partial charge is 0.335 e. The van der Waals surface area contributed by atoms with Gasteiger partial charge in [-0.25, -0.2) is 9.78 Å². The van der Waals surface area contributed by atoms with Gasteiger partial charge in [-0.05, 0) is 60.9 Å². The summed E-state index contributed by atoms with van der Waals surface area (Å²) in [4.78, 5) is 16.4. The molecule has 3 N–H and O–H groups in total. The molecule has 1 fully saturated rings. The van der Waals surface area contributed by atoms with Crippen molar-refractivity contribution in [3.63, 3.8) is 0 Å². The summed E-state index contributed by atoms with van der Waals surface area (Å²) in [5.41, 5.74) is 10.2. The van der Waals surface area contributed by atoms with Gasteiger partial charge in [-0.1, -0.05) is 49.6 Å². The Kier molecular flexibility index (Phi) is 6.32. The van der Waals surface area contributed by atoms with E-state index in [1.165, 1.54) is 19.3 Å². The van der Waals surface area contributed by atoms with Gasteiger partial charge in [0.1, 0.15) is 18.2 Å². The molecule has 1 saturated carbocycles. The lowest BCUT2D eigenvalue weighted by Crippen LogP contribution is -2.18. The number of fused-ring (bicyclic) bond motifs is 1. The highest BCUT2D eigenvalue weighted by molar-refractivity contribution is 5.93. The van der Waals surface area contributed by atoms with Crippen molar-refractivity contribution in [3.05, 3.63) is 83.9 Å². The summed E-state index contributed by atoms with van der Waals surface area (Å²) < 4.78 is 8.25. The van der Waals surface area contributed by atoms with Crippen LogP contribution in [0.25, 0.3) is 22.4 Å². The Balaban J connectivity index is 1.43. The number of hydrogen-bond donors (Lipinski definition) is 2. The van der Waals surface area contributed by atoms with Crippen molar-refractivity contribution in [3.8, 4) is 17.1 Å². The van der Waals surface area contributed by atoms with Gasteiger partial charge in [-0.3, -0.25) is 0 Å². The van der Waals surface area contributed by atoms with Crippen molar-refractivity contribution in [1.82, 2.24) is 9.55 Å². The highest BCUT2D eigenvalue weighted by atomic mass is 16.5. The lowest BCUT2D eigenvalue weighted by Gasteiger charge is -2.25. The third-order valence-electron chi connectivity index (χ3n) is 6.65. The first-order valence-electron chi connectivity index (χ1n) is 11.9. The normalized spacial score (nSPS) is 15.3. The number of ether oxygens (including phenoxy) is 1. The Bertz CT molecular complexity index is 1280. The summed E-state index contributed by atoms with van der Waals surface area (Å²) in [5, 5.41) is 9.42. The second-order valence-electron chi connectivity index (χ2n) is 8.96. The second kappa shape index (κ2) is 9.69. The van der Waals surface area contributed by atoms with E-state index in [2.05, 4.69) is 4.57 Å². The maximum Gasteiger partial charge on any atom is 0.335 e. The van der Waals surface area contributed by atoms with Gasteiger partial charge in [-0.15, -0.1) is 0 Å². The van der Waals surface area contributed by atoms with E-state index in [1.54, 1.807) is 12.1 Å². The van der Waals surface area contributed by atoms with E-state index in [1.807, 2.05) is 60.7 Å². The van der Waals surface area contributed by atoms with Gasteiger partial charge in [0, 0.05) is 11.6 Å². The SMILES string of the molecule is NC(COc1ccc(-c2nc3cc(C(=O)O)ccc3n2C2CCCCC2)cc1)c1ccccc1. The topological polar surface area (TPSA) is 90.4 Å². The average Bonchev–Trinajstić information content (AvgIpc) is 3.27. The number of imidazole rings is 1. The number of aromatic carboxylic acids is 1. The average molecular weight is 456 g/mol. The van der Waals surface area contributed by atoms with Crippen LogP contribution in [-0.4, -0.2) is 27.2 Å².